The number of methoxy groups -OCH3 is 1. The molecule has 2 aliphatic heterocycles. The summed E-state index contributed by atoms with van der Waals surface area (Å²) < 4.78 is 10.6. The lowest BCUT2D eigenvalue weighted by atomic mass is 9.88. The van der Waals surface area contributed by atoms with Crippen LogP contribution >= 0.6 is 0 Å². The van der Waals surface area contributed by atoms with Crippen LogP contribution in [0.4, 0.5) is 5.69 Å². The van der Waals surface area contributed by atoms with Crippen LogP contribution in [-0.4, -0.2) is 49.3 Å². The molecule has 1 fully saturated rings. The van der Waals surface area contributed by atoms with E-state index in [4.69, 9.17) is 9.47 Å². The monoisotopic (exact) mass is 394 g/mol. The third kappa shape index (κ3) is 3.81. The first-order valence-corrected chi connectivity index (χ1v) is 9.60. The topological polar surface area (TPSA) is 84.9 Å². The number of carbonyl (C=O) groups is 3. The van der Waals surface area contributed by atoms with Crippen molar-refractivity contribution in [2.45, 2.75) is 12.8 Å². The predicted octanol–water partition coefficient (Wildman–Crippen LogP) is 2.76. The number of anilines is 1. The molecule has 2 aromatic rings. The summed E-state index contributed by atoms with van der Waals surface area (Å²) in [6.45, 7) is 1.01. The van der Waals surface area contributed by atoms with E-state index in [0.717, 1.165) is 0 Å². The molecule has 0 aliphatic carbocycles. The average molecular weight is 394 g/mol. The number of nitrogens with zero attached hydrogens (tertiary/aromatic N) is 1. The van der Waals surface area contributed by atoms with Crippen LogP contribution in [0, 0.1) is 5.92 Å². The van der Waals surface area contributed by atoms with E-state index in [1.165, 1.54) is 0 Å². The van der Waals surface area contributed by atoms with E-state index < -0.39 is 0 Å². The van der Waals surface area contributed by atoms with Crippen LogP contribution in [0.3, 0.4) is 0 Å². The molecule has 2 aliphatic rings. The molecule has 1 saturated heterocycles. The Morgan fingerprint density at radius 2 is 1.90 bits per heavy atom. The molecular formula is C22H22N2O5. The molecule has 0 radical (unpaired) electrons. The molecule has 7 heteroatoms. The van der Waals surface area contributed by atoms with Crippen LogP contribution in [0.5, 0.6) is 11.5 Å². The number of benzene rings is 2. The highest BCUT2D eigenvalue weighted by Crippen LogP contribution is 2.31. The van der Waals surface area contributed by atoms with Crippen molar-refractivity contribution in [3.8, 4) is 11.5 Å². The number of Topliss-reactive ketones (excluding diaryl/α,β-unsaturated/α-hetero) is 1. The Kier molecular flexibility index (Phi) is 5.20. The van der Waals surface area contributed by atoms with Gasteiger partial charge in [0, 0.05) is 24.6 Å². The minimum atomic E-state index is -0.231. The van der Waals surface area contributed by atoms with Gasteiger partial charge < -0.3 is 19.7 Å². The van der Waals surface area contributed by atoms with Gasteiger partial charge in [0.2, 0.25) is 0 Å². The van der Waals surface area contributed by atoms with E-state index in [2.05, 4.69) is 5.32 Å². The van der Waals surface area contributed by atoms with Crippen LogP contribution < -0.4 is 14.8 Å². The van der Waals surface area contributed by atoms with Crippen molar-refractivity contribution < 1.29 is 23.9 Å². The average Bonchev–Trinajstić information content (AvgIpc) is 2.77. The number of fused-ring (bicyclic) bond motifs is 1. The van der Waals surface area contributed by atoms with Gasteiger partial charge in [-0.25, -0.2) is 0 Å². The summed E-state index contributed by atoms with van der Waals surface area (Å²) >= 11 is 0. The second kappa shape index (κ2) is 7.95. The first kappa shape index (κ1) is 19.0. The number of piperidine rings is 1. The molecule has 0 aromatic heterocycles. The van der Waals surface area contributed by atoms with Crippen LogP contribution in [0.25, 0.3) is 0 Å². The van der Waals surface area contributed by atoms with Gasteiger partial charge in [-0.3, -0.25) is 14.4 Å². The summed E-state index contributed by atoms with van der Waals surface area (Å²) in [5.41, 5.74) is 1.60. The zero-order valence-electron chi connectivity index (χ0n) is 16.1. The fraction of sp³-hybridized carbons (Fsp3) is 0.318. The van der Waals surface area contributed by atoms with Gasteiger partial charge in [-0.2, -0.15) is 0 Å². The predicted molar refractivity (Wildman–Crippen MR) is 107 cm³/mol. The van der Waals surface area contributed by atoms with E-state index in [1.54, 1.807) is 42.3 Å². The van der Waals surface area contributed by atoms with Gasteiger partial charge in [0.25, 0.3) is 11.8 Å². The first-order valence-electron chi connectivity index (χ1n) is 9.60. The Balaban J connectivity index is 1.42. The maximum atomic E-state index is 12.9. The molecule has 0 unspecified atom stereocenters. The van der Waals surface area contributed by atoms with Gasteiger partial charge in [-0.1, -0.05) is 12.1 Å². The number of carbonyl (C=O) groups excluding carboxylic acids is 3. The number of likely N-dealkylation sites (tertiary alicyclic amines) is 1. The standard InChI is InChI=1S/C22H22N2O5/c1-28-18-5-3-2-4-16(18)22(27)24-10-8-14(9-11-24)21(26)15-6-7-19-17(12-15)23-20(25)13-29-19/h2-7,12,14H,8-11,13H2,1H3,(H,23,25). The highest BCUT2D eigenvalue weighted by molar-refractivity contribution is 6.02. The van der Waals surface area contributed by atoms with Gasteiger partial charge in [-0.05, 0) is 43.2 Å². The molecule has 1 N–H and O–H groups in total. The first-order chi connectivity index (χ1) is 14.1. The summed E-state index contributed by atoms with van der Waals surface area (Å²) in [6.07, 6.45) is 1.19. The minimum absolute atomic E-state index is 0.0149. The molecule has 0 atom stereocenters. The van der Waals surface area contributed by atoms with Crippen molar-refractivity contribution in [1.29, 1.82) is 0 Å². The third-order valence-corrected chi connectivity index (χ3v) is 5.39. The highest BCUT2D eigenvalue weighted by atomic mass is 16.5. The van der Waals surface area contributed by atoms with Crippen molar-refractivity contribution in [3.05, 3.63) is 53.6 Å². The number of para-hydroxylation sites is 1. The number of hydrogen-bond donors (Lipinski definition) is 1. The Morgan fingerprint density at radius 3 is 2.66 bits per heavy atom. The van der Waals surface area contributed by atoms with Crippen molar-refractivity contribution in [3.63, 3.8) is 0 Å². The number of ketones is 1. The van der Waals surface area contributed by atoms with Gasteiger partial charge in [0.15, 0.2) is 12.4 Å². The largest absolute Gasteiger partial charge is 0.496 e. The molecule has 2 heterocycles. The van der Waals surface area contributed by atoms with Gasteiger partial charge in [0.1, 0.15) is 11.5 Å². The second-order valence-electron chi connectivity index (χ2n) is 7.18. The maximum absolute atomic E-state index is 12.9. The summed E-state index contributed by atoms with van der Waals surface area (Å²) in [5.74, 6) is 0.673. The fourth-order valence-electron chi connectivity index (χ4n) is 3.81. The molecule has 150 valence electrons. The zero-order valence-corrected chi connectivity index (χ0v) is 16.1. The van der Waals surface area contributed by atoms with Crippen molar-refractivity contribution in [2.75, 3.05) is 32.1 Å². The highest BCUT2D eigenvalue weighted by Gasteiger charge is 2.30. The molecule has 7 nitrogen and oxygen atoms in total. The van der Waals surface area contributed by atoms with Crippen molar-refractivity contribution in [2.24, 2.45) is 5.92 Å². The van der Waals surface area contributed by atoms with Crippen molar-refractivity contribution in [1.82, 2.24) is 4.90 Å². The molecule has 2 aromatic carbocycles. The zero-order chi connectivity index (χ0) is 20.4. The molecule has 29 heavy (non-hydrogen) atoms. The number of rotatable bonds is 4. The molecule has 0 bridgehead atoms. The SMILES string of the molecule is COc1ccccc1C(=O)N1CCC(C(=O)c2ccc3c(c2)NC(=O)CO3)CC1. The van der Waals surface area contributed by atoms with Gasteiger partial charge in [0.05, 0.1) is 18.4 Å². The smallest absolute Gasteiger partial charge is 0.262 e. The molecule has 2 amide bonds. The Bertz CT molecular complexity index is 963. The van der Waals surface area contributed by atoms with Crippen LogP contribution in [0.1, 0.15) is 33.6 Å². The number of amides is 2. The van der Waals surface area contributed by atoms with E-state index in [-0.39, 0.29) is 30.1 Å². The Hall–Kier alpha value is -3.35. The minimum Gasteiger partial charge on any atom is -0.496 e. The van der Waals surface area contributed by atoms with Crippen molar-refractivity contribution >= 4 is 23.3 Å². The van der Waals surface area contributed by atoms with Crippen LogP contribution in [-0.2, 0) is 4.79 Å². The molecule has 0 spiro atoms. The van der Waals surface area contributed by atoms with Gasteiger partial charge in [-0.15, -0.1) is 0 Å². The quantitative estimate of drug-likeness (QED) is 0.806. The van der Waals surface area contributed by atoms with E-state index in [9.17, 15) is 14.4 Å². The summed E-state index contributed by atoms with van der Waals surface area (Å²) in [6, 6.07) is 12.3. The third-order valence-electron chi connectivity index (χ3n) is 5.39. The summed E-state index contributed by atoms with van der Waals surface area (Å²) in [4.78, 5) is 39.0. The summed E-state index contributed by atoms with van der Waals surface area (Å²) in [7, 11) is 1.54. The number of hydrogen-bond acceptors (Lipinski definition) is 5. The van der Waals surface area contributed by atoms with Crippen LogP contribution in [0.15, 0.2) is 42.5 Å². The lowest BCUT2D eigenvalue weighted by Crippen LogP contribution is -2.40. The number of nitrogens with one attached hydrogen (secondary N) is 1. The molecule has 0 saturated carbocycles. The lowest BCUT2D eigenvalue weighted by Gasteiger charge is -2.32. The Labute approximate surface area is 168 Å². The lowest BCUT2D eigenvalue weighted by molar-refractivity contribution is -0.118. The fourth-order valence-corrected chi connectivity index (χ4v) is 3.81. The van der Waals surface area contributed by atoms with Gasteiger partial charge >= 0.3 is 0 Å². The Morgan fingerprint density at radius 1 is 1.14 bits per heavy atom. The van der Waals surface area contributed by atoms with Crippen LogP contribution in [0.2, 0.25) is 0 Å². The van der Waals surface area contributed by atoms with E-state index in [0.29, 0.717) is 54.2 Å². The molecule has 4 rings (SSSR count). The summed E-state index contributed by atoms with van der Waals surface area (Å²) in [5, 5.41) is 2.73. The second-order valence-corrected chi connectivity index (χ2v) is 7.18. The van der Waals surface area contributed by atoms with E-state index in [1.807, 2.05) is 12.1 Å². The molecular weight excluding hydrogens is 372 g/mol. The maximum Gasteiger partial charge on any atom is 0.262 e. The van der Waals surface area contributed by atoms with E-state index >= 15 is 0 Å². The normalized spacial score (nSPS) is 16.4. The number of ether oxygens (including phenoxy) is 2.